The molecule has 1 atom stereocenters. The van der Waals surface area contributed by atoms with Crippen molar-refractivity contribution in [3.8, 4) is 0 Å². The Morgan fingerprint density at radius 1 is 1.11 bits per heavy atom. The van der Waals surface area contributed by atoms with E-state index in [0.29, 0.717) is 5.92 Å². The Balaban J connectivity index is 1.84. The third-order valence-electron chi connectivity index (χ3n) is 3.57. The van der Waals surface area contributed by atoms with Crippen LogP contribution in [0.1, 0.15) is 37.1 Å². The summed E-state index contributed by atoms with van der Waals surface area (Å²) in [5.74, 6) is 0.556. The lowest BCUT2D eigenvalue weighted by Gasteiger charge is -2.25. The summed E-state index contributed by atoms with van der Waals surface area (Å²) in [6.45, 7) is 8.93. The van der Waals surface area contributed by atoms with Crippen LogP contribution in [-0.4, -0.2) is 13.1 Å². The topological polar surface area (TPSA) is 12.0 Å². The average Bonchev–Trinajstić information content (AvgIpc) is 2.94. The highest BCUT2D eigenvalue weighted by molar-refractivity contribution is 7.10. The van der Waals surface area contributed by atoms with Crippen LogP contribution >= 0.6 is 11.3 Å². The van der Waals surface area contributed by atoms with Gasteiger partial charge in [0.1, 0.15) is 0 Å². The van der Waals surface area contributed by atoms with E-state index in [-0.39, 0.29) is 5.41 Å². The molecule has 2 aromatic rings. The molecule has 1 unspecified atom stereocenters. The van der Waals surface area contributed by atoms with Gasteiger partial charge in [0.2, 0.25) is 0 Å². The van der Waals surface area contributed by atoms with Crippen LogP contribution in [0.3, 0.4) is 0 Å². The first-order chi connectivity index (χ1) is 9.09. The van der Waals surface area contributed by atoms with Gasteiger partial charge in [-0.15, -0.1) is 11.3 Å². The molecule has 0 bridgehead atoms. The maximum Gasteiger partial charge on any atom is 0.0115 e. The minimum absolute atomic E-state index is 0.213. The van der Waals surface area contributed by atoms with Crippen LogP contribution in [0.25, 0.3) is 0 Å². The van der Waals surface area contributed by atoms with Gasteiger partial charge in [-0.1, -0.05) is 57.2 Å². The van der Waals surface area contributed by atoms with Gasteiger partial charge in [0.05, 0.1) is 0 Å². The van der Waals surface area contributed by atoms with E-state index < -0.39 is 0 Å². The fourth-order valence-corrected chi connectivity index (χ4v) is 3.10. The van der Waals surface area contributed by atoms with Gasteiger partial charge in [0, 0.05) is 23.4 Å². The summed E-state index contributed by atoms with van der Waals surface area (Å²) in [6, 6.07) is 15.1. The van der Waals surface area contributed by atoms with Crippen molar-refractivity contribution in [2.75, 3.05) is 13.1 Å². The number of benzene rings is 1. The van der Waals surface area contributed by atoms with Crippen LogP contribution in [0.4, 0.5) is 0 Å². The van der Waals surface area contributed by atoms with Crippen molar-refractivity contribution in [3.63, 3.8) is 0 Å². The van der Waals surface area contributed by atoms with E-state index in [2.05, 4.69) is 73.9 Å². The first-order valence-electron chi connectivity index (χ1n) is 6.89. The summed E-state index contributed by atoms with van der Waals surface area (Å²) in [4.78, 5) is 1.45. The maximum atomic E-state index is 3.62. The van der Waals surface area contributed by atoms with Crippen LogP contribution < -0.4 is 5.32 Å². The van der Waals surface area contributed by atoms with Crippen LogP contribution in [0.5, 0.6) is 0 Å². The van der Waals surface area contributed by atoms with Gasteiger partial charge >= 0.3 is 0 Å². The molecular weight excluding hydrogens is 250 g/mol. The van der Waals surface area contributed by atoms with Crippen LogP contribution in [-0.2, 0) is 5.41 Å². The Morgan fingerprint density at radius 2 is 1.84 bits per heavy atom. The predicted molar refractivity (Wildman–Crippen MR) is 85.1 cm³/mol. The lowest BCUT2D eigenvalue weighted by atomic mass is 9.91. The molecule has 0 aliphatic carbocycles. The van der Waals surface area contributed by atoms with Gasteiger partial charge in [0.25, 0.3) is 0 Å². The Bertz CT molecular complexity index is 473. The fourth-order valence-electron chi connectivity index (χ4n) is 2.25. The highest BCUT2D eigenvalue weighted by atomic mass is 32.1. The number of rotatable bonds is 6. The molecule has 102 valence electrons. The Morgan fingerprint density at radius 3 is 2.47 bits per heavy atom. The van der Waals surface area contributed by atoms with E-state index in [1.807, 2.05) is 11.3 Å². The molecule has 0 amide bonds. The summed E-state index contributed by atoms with van der Waals surface area (Å²) < 4.78 is 0. The molecule has 2 heteroatoms. The largest absolute Gasteiger partial charge is 0.315 e. The minimum atomic E-state index is 0.213. The lowest BCUT2D eigenvalue weighted by Crippen LogP contribution is -2.34. The molecule has 2 rings (SSSR count). The van der Waals surface area contributed by atoms with E-state index >= 15 is 0 Å². The summed E-state index contributed by atoms with van der Waals surface area (Å²) in [7, 11) is 0. The molecule has 0 aliphatic rings. The third-order valence-corrected chi connectivity index (χ3v) is 4.81. The smallest absolute Gasteiger partial charge is 0.0115 e. The van der Waals surface area contributed by atoms with Gasteiger partial charge in [-0.05, 0) is 22.9 Å². The molecule has 1 aromatic carbocycles. The molecule has 0 saturated heterocycles. The van der Waals surface area contributed by atoms with Crippen LogP contribution in [0, 0.1) is 0 Å². The monoisotopic (exact) mass is 273 g/mol. The molecule has 1 N–H and O–H groups in total. The van der Waals surface area contributed by atoms with Crippen molar-refractivity contribution in [1.82, 2.24) is 5.32 Å². The molecule has 0 aliphatic heterocycles. The zero-order valence-electron chi connectivity index (χ0n) is 12.0. The second-order valence-electron chi connectivity index (χ2n) is 5.80. The molecule has 0 fully saturated rings. The van der Waals surface area contributed by atoms with Crippen molar-refractivity contribution >= 4 is 11.3 Å². The molecule has 1 nitrogen and oxygen atoms in total. The molecule has 1 aromatic heterocycles. The van der Waals surface area contributed by atoms with Crippen molar-refractivity contribution in [1.29, 1.82) is 0 Å². The quantitative estimate of drug-likeness (QED) is 0.821. The Labute approximate surface area is 120 Å². The molecule has 0 radical (unpaired) electrons. The predicted octanol–water partition coefficient (Wildman–Crippen LogP) is 4.42. The number of hydrogen-bond acceptors (Lipinski definition) is 2. The second kappa shape index (κ2) is 6.36. The molecule has 0 spiro atoms. The van der Waals surface area contributed by atoms with Gasteiger partial charge in [0.15, 0.2) is 0 Å². The Kier molecular flexibility index (Phi) is 4.78. The van der Waals surface area contributed by atoms with Gasteiger partial charge < -0.3 is 5.32 Å². The van der Waals surface area contributed by atoms with Crippen molar-refractivity contribution < 1.29 is 0 Å². The van der Waals surface area contributed by atoms with Gasteiger partial charge in [-0.2, -0.15) is 0 Å². The molecular formula is C17H23NS. The number of hydrogen-bond donors (Lipinski definition) is 1. The SMILES string of the molecule is CC(CNCC(C)(C)c1cccs1)c1ccccc1. The molecule has 19 heavy (non-hydrogen) atoms. The highest BCUT2D eigenvalue weighted by Crippen LogP contribution is 2.26. The number of nitrogens with one attached hydrogen (secondary N) is 1. The first kappa shape index (κ1) is 14.3. The average molecular weight is 273 g/mol. The third kappa shape index (κ3) is 3.92. The van der Waals surface area contributed by atoms with Crippen molar-refractivity contribution in [3.05, 3.63) is 58.3 Å². The Hall–Kier alpha value is -1.12. The van der Waals surface area contributed by atoms with Crippen molar-refractivity contribution in [2.45, 2.75) is 32.1 Å². The standard InChI is InChI=1S/C17H23NS/c1-14(15-8-5-4-6-9-15)12-18-13-17(2,3)16-10-7-11-19-16/h4-11,14,18H,12-13H2,1-3H3. The van der Waals surface area contributed by atoms with E-state index in [0.717, 1.165) is 13.1 Å². The van der Waals surface area contributed by atoms with E-state index in [9.17, 15) is 0 Å². The fraction of sp³-hybridized carbons (Fsp3) is 0.412. The second-order valence-corrected chi connectivity index (χ2v) is 6.75. The summed E-state index contributed by atoms with van der Waals surface area (Å²) in [5, 5.41) is 5.78. The first-order valence-corrected chi connectivity index (χ1v) is 7.77. The lowest BCUT2D eigenvalue weighted by molar-refractivity contribution is 0.466. The molecule has 1 heterocycles. The molecule has 0 saturated carbocycles. The van der Waals surface area contributed by atoms with Crippen LogP contribution in [0.2, 0.25) is 0 Å². The highest BCUT2D eigenvalue weighted by Gasteiger charge is 2.21. The van der Waals surface area contributed by atoms with Gasteiger partial charge in [-0.25, -0.2) is 0 Å². The summed E-state index contributed by atoms with van der Waals surface area (Å²) in [6.07, 6.45) is 0. The zero-order chi connectivity index (χ0) is 13.7. The minimum Gasteiger partial charge on any atom is -0.315 e. The van der Waals surface area contributed by atoms with E-state index in [4.69, 9.17) is 0 Å². The van der Waals surface area contributed by atoms with Crippen LogP contribution in [0.15, 0.2) is 47.8 Å². The van der Waals surface area contributed by atoms with E-state index in [1.165, 1.54) is 10.4 Å². The number of thiophene rings is 1. The maximum absolute atomic E-state index is 3.62. The summed E-state index contributed by atoms with van der Waals surface area (Å²) in [5.41, 5.74) is 1.62. The van der Waals surface area contributed by atoms with Crippen molar-refractivity contribution in [2.24, 2.45) is 0 Å². The van der Waals surface area contributed by atoms with Gasteiger partial charge in [-0.3, -0.25) is 0 Å². The van der Waals surface area contributed by atoms with E-state index in [1.54, 1.807) is 0 Å². The summed E-state index contributed by atoms with van der Waals surface area (Å²) >= 11 is 1.85. The zero-order valence-corrected chi connectivity index (χ0v) is 12.8. The normalized spacial score (nSPS) is 13.4.